The Balaban J connectivity index is 2.19. The van der Waals surface area contributed by atoms with Crippen LogP contribution in [0.2, 0.25) is 0 Å². The lowest BCUT2D eigenvalue weighted by Gasteiger charge is -2.21. The highest BCUT2D eigenvalue weighted by Crippen LogP contribution is 2.44. The number of hydrogen-bond donors (Lipinski definition) is 0. The third kappa shape index (κ3) is 1.32. The molecule has 0 aromatic heterocycles. The van der Waals surface area contributed by atoms with Crippen LogP contribution in [-0.4, -0.2) is 0 Å². The predicted octanol–water partition coefficient (Wildman–Crippen LogP) is 3.63. The van der Waals surface area contributed by atoms with Gasteiger partial charge in [-0.25, -0.2) is 0 Å². The van der Waals surface area contributed by atoms with E-state index < -0.39 is 0 Å². The molecule has 0 heteroatoms. The highest BCUT2D eigenvalue weighted by molar-refractivity contribution is 5.15. The maximum Gasteiger partial charge on any atom is -0.0174 e. The molecule has 4 atom stereocenters. The molecule has 0 heterocycles. The Hall–Kier alpha value is -0.260. The number of allylic oxidation sites excluding steroid dienone is 2. The Labute approximate surface area is 76.1 Å². The highest BCUT2D eigenvalue weighted by Gasteiger charge is 2.33. The van der Waals surface area contributed by atoms with E-state index in [9.17, 15) is 0 Å². The fourth-order valence-electron chi connectivity index (χ4n) is 3.33. The summed E-state index contributed by atoms with van der Waals surface area (Å²) in [5.41, 5.74) is 1.68. The van der Waals surface area contributed by atoms with Crippen LogP contribution >= 0.6 is 0 Å². The van der Waals surface area contributed by atoms with Crippen molar-refractivity contribution in [2.45, 2.75) is 40.0 Å². The van der Waals surface area contributed by atoms with E-state index in [1.54, 1.807) is 5.57 Å². The third-order valence-electron chi connectivity index (χ3n) is 3.81. The van der Waals surface area contributed by atoms with Gasteiger partial charge in [-0.3, -0.25) is 0 Å². The van der Waals surface area contributed by atoms with Gasteiger partial charge in [-0.1, -0.05) is 25.5 Å². The molecule has 0 aliphatic heterocycles. The first-order valence-electron chi connectivity index (χ1n) is 5.35. The van der Waals surface area contributed by atoms with Crippen LogP contribution in [0.4, 0.5) is 0 Å². The highest BCUT2D eigenvalue weighted by atomic mass is 14.4. The van der Waals surface area contributed by atoms with Crippen molar-refractivity contribution in [2.24, 2.45) is 23.7 Å². The quantitative estimate of drug-likeness (QED) is 0.479. The van der Waals surface area contributed by atoms with Crippen LogP contribution in [0.25, 0.3) is 0 Å². The summed E-state index contributed by atoms with van der Waals surface area (Å²) in [7, 11) is 0. The molecular formula is C12H20. The van der Waals surface area contributed by atoms with Gasteiger partial charge in [0.1, 0.15) is 0 Å². The van der Waals surface area contributed by atoms with E-state index in [0.717, 1.165) is 23.7 Å². The molecule has 2 aliphatic carbocycles. The molecule has 0 nitrogen and oxygen atoms in total. The zero-order chi connectivity index (χ0) is 8.72. The van der Waals surface area contributed by atoms with Crippen LogP contribution in [0, 0.1) is 23.7 Å². The molecule has 2 aliphatic rings. The summed E-state index contributed by atoms with van der Waals surface area (Å²) >= 11 is 0. The Morgan fingerprint density at radius 3 is 2.67 bits per heavy atom. The lowest BCUT2D eigenvalue weighted by Crippen LogP contribution is -2.11. The largest absolute Gasteiger partial charge is 0.0822 e. The maximum absolute atomic E-state index is 2.54. The van der Waals surface area contributed by atoms with Gasteiger partial charge in [0.25, 0.3) is 0 Å². The second kappa shape index (κ2) is 2.90. The molecule has 0 saturated heterocycles. The van der Waals surface area contributed by atoms with Gasteiger partial charge in [0.15, 0.2) is 0 Å². The van der Waals surface area contributed by atoms with E-state index >= 15 is 0 Å². The van der Waals surface area contributed by atoms with Crippen LogP contribution in [-0.2, 0) is 0 Å². The first kappa shape index (κ1) is 8.34. The van der Waals surface area contributed by atoms with Crippen LogP contribution in [0.1, 0.15) is 40.0 Å². The summed E-state index contributed by atoms with van der Waals surface area (Å²) in [4.78, 5) is 0. The van der Waals surface area contributed by atoms with Crippen LogP contribution in [0.15, 0.2) is 11.6 Å². The fraction of sp³-hybridized carbons (Fsp3) is 0.833. The molecule has 0 N–H and O–H groups in total. The smallest absolute Gasteiger partial charge is 0.0174 e. The van der Waals surface area contributed by atoms with Gasteiger partial charge in [-0.15, -0.1) is 0 Å². The van der Waals surface area contributed by atoms with E-state index in [2.05, 4.69) is 26.8 Å². The SMILES string of the molecule is CC1=CC2CC(C)CC(C)C1C2. The normalized spacial score (nSPS) is 47.1. The Kier molecular flexibility index (Phi) is 2.02. The maximum atomic E-state index is 2.54. The summed E-state index contributed by atoms with van der Waals surface area (Å²) in [5.74, 6) is 3.75. The van der Waals surface area contributed by atoms with Crippen molar-refractivity contribution in [1.29, 1.82) is 0 Å². The first-order valence-corrected chi connectivity index (χ1v) is 5.35. The molecule has 68 valence electrons. The average molecular weight is 164 g/mol. The van der Waals surface area contributed by atoms with Crippen LogP contribution in [0.5, 0.6) is 0 Å². The molecule has 1 fully saturated rings. The van der Waals surface area contributed by atoms with Gasteiger partial charge in [-0.2, -0.15) is 0 Å². The van der Waals surface area contributed by atoms with Gasteiger partial charge < -0.3 is 0 Å². The first-order chi connectivity index (χ1) is 5.66. The minimum Gasteiger partial charge on any atom is -0.0822 e. The van der Waals surface area contributed by atoms with Gasteiger partial charge in [0, 0.05) is 0 Å². The Morgan fingerprint density at radius 1 is 1.17 bits per heavy atom. The summed E-state index contributed by atoms with van der Waals surface area (Å²) < 4.78 is 0. The molecule has 0 spiro atoms. The van der Waals surface area contributed by atoms with Crippen molar-refractivity contribution in [1.82, 2.24) is 0 Å². The van der Waals surface area contributed by atoms with E-state index in [1.807, 2.05) is 0 Å². The number of fused-ring (bicyclic) bond motifs is 2. The molecule has 0 aromatic carbocycles. The molecule has 0 aromatic rings. The molecule has 0 radical (unpaired) electrons. The van der Waals surface area contributed by atoms with Crippen molar-refractivity contribution >= 4 is 0 Å². The second-order valence-corrected chi connectivity index (χ2v) is 5.07. The van der Waals surface area contributed by atoms with Crippen molar-refractivity contribution in [3.63, 3.8) is 0 Å². The van der Waals surface area contributed by atoms with E-state index in [1.165, 1.54) is 19.3 Å². The van der Waals surface area contributed by atoms with Crippen molar-refractivity contribution < 1.29 is 0 Å². The van der Waals surface area contributed by atoms with Gasteiger partial charge in [0.05, 0.1) is 0 Å². The zero-order valence-corrected chi connectivity index (χ0v) is 8.51. The monoisotopic (exact) mass is 164 g/mol. The second-order valence-electron chi connectivity index (χ2n) is 5.07. The van der Waals surface area contributed by atoms with Crippen LogP contribution in [0.3, 0.4) is 0 Å². The lowest BCUT2D eigenvalue weighted by molar-refractivity contribution is 0.358. The molecule has 2 rings (SSSR count). The van der Waals surface area contributed by atoms with Gasteiger partial charge in [-0.05, 0) is 49.9 Å². The average Bonchev–Trinajstić information content (AvgIpc) is 2.23. The Bertz CT molecular complexity index is 202. The van der Waals surface area contributed by atoms with Gasteiger partial charge >= 0.3 is 0 Å². The lowest BCUT2D eigenvalue weighted by atomic mass is 9.84. The molecular weight excluding hydrogens is 144 g/mol. The predicted molar refractivity (Wildman–Crippen MR) is 52.9 cm³/mol. The zero-order valence-electron chi connectivity index (χ0n) is 8.51. The molecule has 0 amide bonds. The van der Waals surface area contributed by atoms with Gasteiger partial charge in [0.2, 0.25) is 0 Å². The molecule has 4 unspecified atom stereocenters. The minimum atomic E-state index is 0.926. The van der Waals surface area contributed by atoms with Crippen LogP contribution < -0.4 is 0 Å². The van der Waals surface area contributed by atoms with Crippen molar-refractivity contribution in [2.75, 3.05) is 0 Å². The minimum absolute atomic E-state index is 0.926. The van der Waals surface area contributed by atoms with E-state index in [-0.39, 0.29) is 0 Å². The van der Waals surface area contributed by atoms with Crippen molar-refractivity contribution in [3.8, 4) is 0 Å². The van der Waals surface area contributed by atoms with E-state index in [4.69, 9.17) is 0 Å². The summed E-state index contributed by atoms with van der Waals surface area (Å²) in [6.45, 7) is 7.18. The van der Waals surface area contributed by atoms with E-state index in [0.29, 0.717) is 0 Å². The summed E-state index contributed by atoms with van der Waals surface area (Å²) in [6.07, 6.45) is 6.89. The number of hydrogen-bond acceptors (Lipinski definition) is 0. The third-order valence-corrected chi connectivity index (χ3v) is 3.81. The Morgan fingerprint density at radius 2 is 1.92 bits per heavy atom. The fourth-order valence-corrected chi connectivity index (χ4v) is 3.33. The summed E-state index contributed by atoms with van der Waals surface area (Å²) in [6, 6.07) is 0. The number of rotatable bonds is 0. The van der Waals surface area contributed by atoms with Crippen molar-refractivity contribution in [3.05, 3.63) is 11.6 Å². The molecule has 2 bridgehead atoms. The standard InChI is InChI=1S/C12H20/c1-8-4-9(2)12-7-11(5-8)6-10(12)3/h6,8-9,11-12H,4-5,7H2,1-3H3. The topological polar surface area (TPSA) is 0 Å². The molecule has 1 saturated carbocycles. The molecule has 12 heavy (non-hydrogen) atoms. The summed E-state index contributed by atoms with van der Waals surface area (Å²) in [5, 5.41) is 0.